The SMILES string of the molecule is COC1CN(c2ccc(Cl)cc2C=O)CC1OC. The Labute approximate surface area is 111 Å². The summed E-state index contributed by atoms with van der Waals surface area (Å²) < 4.78 is 10.8. The molecule has 98 valence electrons. The normalized spacial score (nSPS) is 23.4. The molecule has 0 spiro atoms. The first-order valence-corrected chi connectivity index (χ1v) is 6.12. The molecule has 0 N–H and O–H groups in total. The molecule has 18 heavy (non-hydrogen) atoms. The summed E-state index contributed by atoms with van der Waals surface area (Å²) in [6.45, 7) is 1.41. The van der Waals surface area contributed by atoms with E-state index in [1.807, 2.05) is 6.07 Å². The Balaban J connectivity index is 2.25. The first kappa shape index (κ1) is 13.3. The number of aldehydes is 1. The molecule has 0 aromatic heterocycles. The summed E-state index contributed by atoms with van der Waals surface area (Å²) in [4.78, 5) is 13.2. The fourth-order valence-corrected chi connectivity index (χ4v) is 2.48. The molecule has 2 rings (SSSR count). The lowest BCUT2D eigenvalue weighted by atomic mass is 10.2. The van der Waals surface area contributed by atoms with Crippen LogP contribution in [0.3, 0.4) is 0 Å². The number of benzene rings is 1. The standard InChI is InChI=1S/C13H16ClNO3/c1-17-12-6-15(7-13(12)18-2)11-4-3-10(14)5-9(11)8-16/h3-5,8,12-13H,6-7H2,1-2H3. The van der Waals surface area contributed by atoms with Crippen molar-refractivity contribution in [1.29, 1.82) is 0 Å². The van der Waals surface area contributed by atoms with Crippen LogP contribution < -0.4 is 4.90 Å². The zero-order chi connectivity index (χ0) is 13.1. The predicted octanol–water partition coefficient (Wildman–Crippen LogP) is 2.00. The van der Waals surface area contributed by atoms with Gasteiger partial charge in [0.05, 0.1) is 0 Å². The summed E-state index contributed by atoms with van der Waals surface area (Å²) in [6.07, 6.45) is 0.860. The third-order valence-electron chi connectivity index (χ3n) is 3.28. The molecule has 2 unspecified atom stereocenters. The molecule has 5 heteroatoms. The fourth-order valence-electron chi connectivity index (χ4n) is 2.30. The van der Waals surface area contributed by atoms with E-state index in [1.165, 1.54) is 0 Å². The number of carbonyl (C=O) groups excluding carboxylic acids is 1. The molecular weight excluding hydrogens is 254 g/mol. The minimum Gasteiger partial charge on any atom is -0.377 e. The summed E-state index contributed by atoms with van der Waals surface area (Å²) in [7, 11) is 3.34. The Hall–Kier alpha value is -1.10. The zero-order valence-corrected chi connectivity index (χ0v) is 11.2. The number of hydrogen-bond acceptors (Lipinski definition) is 4. The van der Waals surface area contributed by atoms with Crippen LogP contribution in [-0.4, -0.2) is 45.8 Å². The first-order chi connectivity index (χ1) is 8.69. The van der Waals surface area contributed by atoms with Crippen LogP contribution in [0.4, 0.5) is 5.69 Å². The number of rotatable bonds is 4. The van der Waals surface area contributed by atoms with Gasteiger partial charge in [0.2, 0.25) is 0 Å². The van der Waals surface area contributed by atoms with Crippen molar-refractivity contribution in [3.05, 3.63) is 28.8 Å². The van der Waals surface area contributed by atoms with Gasteiger partial charge in [-0.25, -0.2) is 0 Å². The summed E-state index contributed by atoms with van der Waals surface area (Å²) >= 11 is 5.89. The number of halogens is 1. The second-order valence-corrected chi connectivity index (χ2v) is 4.71. The maximum absolute atomic E-state index is 11.1. The van der Waals surface area contributed by atoms with E-state index in [4.69, 9.17) is 21.1 Å². The Morgan fingerprint density at radius 3 is 2.39 bits per heavy atom. The molecule has 1 aromatic rings. The molecular formula is C13H16ClNO3. The van der Waals surface area contributed by atoms with Gasteiger partial charge in [-0.2, -0.15) is 0 Å². The number of methoxy groups -OCH3 is 2. The highest BCUT2D eigenvalue weighted by Crippen LogP contribution is 2.28. The van der Waals surface area contributed by atoms with Gasteiger partial charge in [-0.05, 0) is 18.2 Å². The van der Waals surface area contributed by atoms with Crippen LogP contribution in [0.25, 0.3) is 0 Å². The smallest absolute Gasteiger partial charge is 0.152 e. The maximum atomic E-state index is 11.1. The Morgan fingerprint density at radius 1 is 1.28 bits per heavy atom. The number of anilines is 1. The van der Waals surface area contributed by atoms with Gasteiger partial charge in [-0.15, -0.1) is 0 Å². The number of carbonyl (C=O) groups is 1. The lowest BCUT2D eigenvalue weighted by molar-refractivity contribution is -0.00461. The van der Waals surface area contributed by atoms with Crippen LogP contribution >= 0.6 is 11.6 Å². The molecule has 0 aliphatic carbocycles. The van der Waals surface area contributed by atoms with E-state index in [9.17, 15) is 4.79 Å². The predicted molar refractivity (Wildman–Crippen MR) is 70.6 cm³/mol. The monoisotopic (exact) mass is 269 g/mol. The molecule has 1 aliphatic heterocycles. The van der Waals surface area contributed by atoms with E-state index in [0.717, 1.165) is 12.0 Å². The average Bonchev–Trinajstić information content (AvgIpc) is 2.81. The van der Waals surface area contributed by atoms with E-state index in [1.54, 1.807) is 26.4 Å². The minimum absolute atomic E-state index is 0.0187. The molecule has 1 aliphatic rings. The topological polar surface area (TPSA) is 38.8 Å². The Morgan fingerprint density at radius 2 is 1.89 bits per heavy atom. The molecule has 1 fully saturated rings. The van der Waals surface area contributed by atoms with Gasteiger partial charge in [0, 0.05) is 43.6 Å². The van der Waals surface area contributed by atoms with Gasteiger partial charge in [0.25, 0.3) is 0 Å². The average molecular weight is 270 g/mol. The van der Waals surface area contributed by atoms with Crippen molar-refractivity contribution in [2.24, 2.45) is 0 Å². The highest BCUT2D eigenvalue weighted by atomic mass is 35.5. The molecule has 0 bridgehead atoms. The summed E-state index contributed by atoms with van der Waals surface area (Å²) in [6, 6.07) is 5.31. The summed E-state index contributed by atoms with van der Waals surface area (Å²) in [5, 5.41) is 0.562. The maximum Gasteiger partial charge on any atom is 0.152 e. The van der Waals surface area contributed by atoms with E-state index < -0.39 is 0 Å². The Bertz CT molecular complexity index is 426. The lowest BCUT2D eigenvalue weighted by Crippen LogP contribution is -2.27. The quantitative estimate of drug-likeness (QED) is 0.784. The van der Waals surface area contributed by atoms with E-state index in [0.29, 0.717) is 23.7 Å². The highest BCUT2D eigenvalue weighted by Gasteiger charge is 2.33. The fraction of sp³-hybridized carbons (Fsp3) is 0.462. The van der Waals surface area contributed by atoms with Gasteiger partial charge in [0.15, 0.2) is 6.29 Å². The molecule has 1 aromatic carbocycles. The van der Waals surface area contributed by atoms with Crippen LogP contribution in [0.1, 0.15) is 10.4 Å². The third kappa shape index (κ3) is 2.51. The van der Waals surface area contributed by atoms with Crippen molar-refractivity contribution in [2.75, 3.05) is 32.2 Å². The second kappa shape index (κ2) is 5.69. The third-order valence-corrected chi connectivity index (χ3v) is 3.51. The number of hydrogen-bond donors (Lipinski definition) is 0. The van der Waals surface area contributed by atoms with Crippen molar-refractivity contribution in [3.8, 4) is 0 Å². The van der Waals surface area contributed by atoms with Crippen molar-refractivity contribution >= 4 is 23.6 Å². The molecule has 0 saturated carbocycles. The number of ether oxygens (including phenoxy) is 2. The largest absolute Gasteiger partial charge is 0.377 e. The van der Waals surface area contributed by atoms with Crippen molar-refractivity contribution in [3.63, 3.8) is 0 Å². The van der Waals surface area contributed by atoms with Gasteiger partial charge >= 0.3 is 0 Å². The molecule has 0 radical (unpaired) electrons. The van der Waals surface area contributed by atoms with Crippen LogP contribution in [0, 0.1) is 0 Å². The summed E-state index contributed by atoms with van der Waals surface area (Å²) in [5.41, 5.74) is 1.46. The van der Waals surface area contributed by atoms with E-state index in [-0.39, 0.29) is 12.2 Å². The minimum atomic E-state index is 0.0187. The highest BCUT2D eigenvalue weighted by molar-refractivity contribution is 6.31. The van der Waals surface area contributed by atoms with E-state index in [2.05, 4.69) is 4.90 Å². The summed E-state index contributed by atoms with van der Waals surface area (Å²) in [5.74, 6) is 0. The molecule has 1 heterocycles. The molecule has 0 amide bonds. The van der Waals surface area contributed by atoms with Crippen LogP contribution in [0.2, 0.25) is 5.02 Å². The van der Waals surface area contributed by atoms with Gasteiger partial charge in [0.1, 0.15) is 12.2 Å². The van der Waals surface area contributed by atoms with E-state index >= 15 is 0 Å². The number of nitrogens with zero attached hydrogens (tertiary/aromatic N) is 1. The van der Waals surface area contributed by atoms with Crippen molar-refractivity contribution < 1.29 is 14.3 Å². The zero-order valence-electron chi connectivity index (χ0n) is 10.4. The van der Waals surface area contributed by atoms with Crippen LogP contribution in [0.5, 0.6) is 0 Å². The van der Waals surface area contributed by atoms with Crippen molar-refractivity contribution in [2.45, 2.75) is 12.2 Å². The van der Waals surface area contributed by atoms with Crippen molar-refractivity contribution in [1.82, 2.24) is 0 Å². The Kier molecular flexibility index (Phi) is 4.22. The van der Waals surface area contributed by atoms with Gasteiger partial charge in [-0.1, -0.05) is 11.6 Å². The molecule has 4 nitrogen and oxygen atoms in total. The van der Waals surface area contributed by atoms with Crippen LogP contribution in [0.15, 0.2) is 18.2 Å². The second-order valence-electron chi connectivity index (χ2n) is 4.27. The first-order valence-electron chi connectivity index (χ1n) is 5.75. The molecule has 1 saturated heterocycles. The molecule has 2 atom stereocenters. The van der Waals surface area contributed by atoms with Gasteiger partial charge in [-0.3, -0.25) is 4.79 Å². The van der Waals surface area contributed by atoms with Gasteiger partial charge < -0.3 is 14.4 Å². The lowest BCUT2D eigenvalue weighted by Gasteiger charge is -2.20. The van der Waals surface area contributed by atoms with Crippen LogP contribution in [-0.2, 0) is 9.47 Å².